The Labute approximate surface area is 230 Å². The Hall–Kier alpha value is -4.95. The number of benzene rings is 4. The average Bonchev–Trinajstić information content (AvgIpc) is 3.39. The maximum atomic E-state index is 12.8. The second-order valence-corrected chi connectivity index (χ2v) is 9.25. The van der Waals surface area contributed by atoms with Gasteiger partial charge in [0.1, 0.15) is 17.9 Å². The van der Waals surface area contributed by atoms with E-state index in [1.807, 2.05) is 73.7 Å². The van der Waals surface area contributed by atoms with Crippen LogP contribution >= 0.6 is 12.2 Å². The zero-order valence-corrected chi connectivity index (χ0v) is 21.9. The number of carbonyl (C=O) groups is 2. The summed E-state index contributed by atoms with van der Waals surface area (Å²) >= 11 is 5.35. The lowest BCUT2D eigenvalue weighted by Gasteiger charge is -2.13. The number of para-hydroxylation sites is 2. The Bertz CT molecular complexity index is 1630. The van der Waals surface area contributed by atoms with Crippen LogP contribution in [-0.2, 0) is 6.61 Å². The van der Waals surface area contributed by atoms with Crippen molar-refractivity contribution in [2.75, 3.05) is 10.6 Å². The molecule has 0 bridgehead atoms. The Kier molecular flexibility index (Phi) is 7.65. The summed E-state index contributed by atoms with van der Waals surface area (Å²) in [6, 6.07) is 31.2. The van der Waals surface area contributed by atoms with Crippen molar-refractivity contribution < 1.29 is 18.7 Å². The van der Waals surface area contributed by atoms with Gasteiger partial charge in [-0.2, -0.15) is 0 Å². The number of hydrogen-bond donors (Lipinski definition) is 3. The molecule has 39 heavy (non-hydrogen) atoms. The molecule has 4 aromatic carbocycles. The second-order valence-electron chi connectivity index (χ2n) is 8.84. The summed E-state index contributed by atoms with van der Waals surface area (Å²) in [5.74, 6) is 0.320. The number of ether oxygens (including phenoxy) is 1. The van der Waals surface area contributed by atoms with Crippen LogP contribution in [0.4, 0.5) is 11.4 Å². The van der Waals surface area contributed by atoms with E-state index in [1.54, 1.807) is 36.4 Å². The average molecular weight is 536 g/mol. The number of thiocarbonyl (C=S) groups is 1. The van der Waals surface area contributed by atoms with Crippen LogP contribution in [-0.4, -0.2) is 16.9 Å². The fraction of sp³-hybridized carbons (Fsp3) is 0.0645. The van der Waals surface area contributed by atoms with Crippen LogP contribution in [0, 0.1) is 6.92 Å². The van der Waals surface area contributed by atoms with Gasteiger partial charge in [0.05, 0.1) is 0 Å². The number of nitrogens with one attached hydrogen (secondary N) is 3. The van der Waals surface area contributed by atoms with Gasteiger partial charge in [-0.3, -0.25) is 14.9 Å². The molecule has 3 N–H and O–H groups in total. The number of carbonyl (C=O) groups excluding carboxylic acids is 2. The van der Waals surface area contributed by atoms with Gasteiger partial charge < -0.3 is 19.8 Å². The molecule has 0 saturated heterocycles. The van der Waals surface area contributed by atoms with Crippen LogP contribution in [0.5, 0.6) is 5.75 Å². The molecule has 0 aliphatic rings. The molecule has 5 aromatic rings. The SMILES string of the molecule is Cc1cc(NC(=S)NC(=O)c2cccc(COc3ccccc3)c2)ccc1NC(=O)c1cc2ccccc2o1. The summed E-state index contributed by atoms with van der Waals surface area (Å²) in [5.41, 5.74) is 4.10. The molecule has 0 fully saturated rings. The highest BCUT2D eigenvalue weighted by molar-refractivity contribution is 7.80. The maximum Gasteiger partial charge on any atom is 0.291 e. The number of anilines is 2. The summed E-state index contributed by atoms with van der Waals surface area (Å²) in [7, 11) is 0. The molecule has 0 aliphatic heterocycles. The molecule has 0 saturated carbocycles. The minimum absolute atomic E-state index is 0.157. The number of amides is 2. The van der Waals surface area contributed by atoms with Gasteiger partial charge in [-0.1, -0.05) is 48.5 Å². The second kappa shape index (κ2) is 11.6. The molecule has 0 spiro atoms. The van der Waals surface area contributed by atoms with E-state index in [0.29, 0.717) is 29.1 Å². The Morgan fingerprint density at radius 3 is 2.41 bits per heavy atom. The minimum atomic E-state index is -0.339. The first-order valence-corrected chi connectivity index (χ1v) is 12.7. The van der Waals surface area contributed by atoms with Gasteiger partial charge in [-0.05, 0) is 84.9 Å². The first kappa shape index (κ1) is 25.7. The highest BCUT2D eigenvalue weighted by Crippen LogP contribution is 2.23. The normalized spacial score (nSPS) is 10.6. The summed E-state index contributed by atoms with van der Waals surface area (Å²) in [6.07, 6.45) is 0. The molecule has 0 atom stereocenters. The van der Waals surface area contributed by atoms with Crippen LogP contribution in [0.2, 0.25) is 0 Å². The van der Waals surface area contributed by atoms with Crippen molar-refractivity contribution in [2.24, 2.45) is 0 Å². The molecular weight excluding hydrogens is 510 g/mol. The van der Waals surface area contributed by atoms with Crippen LogP contribution in [0.15, 0.2) is 108 Å². The van der Waals surface area contributed by atoms with Crippen LogP contribution in [0.3, 0.4) is 0 Å². The van der Waals surface area contributed by atoms with E-state index in [4.69, 9.17) is 21.4 Å². The van der Waals surface area contributed by atoms with E-state index in [2.05, 4.69) is 16.0 Å². The Morgan fingerprint density at radius 2 is 1.62 bits per heavy atom. The van der Waals surface area contributed by atoms with Gasteiger partial charge in [-0.25, -0.2) is 0 Å². The molecule has 0 unspecified atom stereocenters. The van der Waals surface area contributed by atoms with E-state index >= 15 is 0 Å². The van der Waals surface area contributed by atoms with Crippen LogP contribution in [0.1, 0.15) is 32.0 Å². The van der Waals surface area contributed by atoms with Gasteiger partial charge in [0.2, 0.25) is 0 Å². The van der Waals surface area contributed by atoms with Gasteiger partial charge in [0.15, 0.2) is 10.9 Å². The van der Waals surface area contributed by atoms with Gasteiger partial charge >= 0.3 is 0 Å². The molecule has 2 amide bonds. The molecule has 1 aromatic heterocycles. The molecule has 1 heterocycles. The van der Waals surface area contributed by atoms with Gasteiger partial charge in [0.25, 0.3) is 11.8 Å². The lowest BCUT2D eigenvalue weighted by atomic mass is 10.1. The third-order valence-corrected chi connectivity index (χ3v) is 6.15. The van der Waals surface area contributed by atoms with Gasteiger partial charge in [0, 0.05) is 22.3 Å². The topological polar surface area (TPSA) is 92.6 Å². The highest BCUT2D eigenvalue weighted by atomic mass is 32.1. The summed E-state index contributed by atoms with van der Waals surface area (Å²) in [5, 5.41) is 9.62. The fourth-order valence-electron chi connectivity index (χ4n) is 3.98. The number of aryl methyl sites for hydroxylation is 1. The zero-order chi connectivity index (χ0) is 27.2. The van der Waals surface area contributed by atoms with E-state index in [1.165, 1.54) is 0 Å². The predicted molar refractivity (Wildman–Crippen MR) is 156 cm³/mol. The Balaban J connectivity index is 1.16. The zero-order valence-electron chi connectivity index (χ0n) is 21.1. The largest absolute Gasteiger partial charge is 0.489 e. The molecule has 194 valence electrons. The van der Waals surface area contributed by atoms with E-state index < -0.39 is 0 Å². The number of fused-ring (bicyclic) bond motifs is 1. The Morgan fingerprint density at radius 1 is 0.821 bits per heavy atom. The van der Waals surface area contributed by atoms with Crippen molar-refractivity contribution in [3.63, 3.8) is 0 Å². The van der Waals surface area contributed by atoms with Crippen molar-refractivity contribution >= 4 is 51.5 Å². The van der Waals surface area contributed by atoms with Crippen LogP contribution in [0.25, 0.3) is 11.0 Å². The molecule has 8 heteroatoms. The molecule has 0 aliphatic carbocycles. The summed E-state index contributed by atoms with van der Waals surface area (Å²) in [4.78, 5) is 25.5. The van der Waals surface area contributed by atoms with Gasteiger partial charge in [-0.15, -0.1) is 0 Å². The molecule has 7 nitrogen and oxygen atoms in total. The first-order valence-electron chi connectivity index (χ1n) is 12.2. The lowest BCUT2D eigenvalue weighted by molar-refractivity contribution is 0.0975. The standard InChI is InChI=1S/C31H25N3O4S/c1-20-16-24(14-15-26(20)33-30(36)28-18-22-9-5-6-13-27(22)38-28)32-31(39)34-29(35)23-10-7-8-21(17-23)19-37-25-11-3-2-4-12-25/h2-18H,19H2,1H3,(H,33,36)(H2,32,34,35,39). The number of rotatable bonds is 7. The fourth-order valence-corrected chi connectivity index (χ4v) is 4.19. The third-order valence-electron chi connectivity index (χ3n) is 5.95. The highest BCUT2D eigenvalue weighted by Gasteiger charge is 2.14. The van der Waals surface area contributed by atoms with Crippen LogP contribution < -0.4 is 20.7 Å². The molecular formula is C31H25N3O4S. The summed E-state index contributed by atoms with van der Waals surface area (Å²) in [6.45, 7) is 2.20. The van der Waals surface area contributed by atoms with E-state index in [0.717, 1.165) is 22.3 Å². The first-order chi connectivity index (χ1) is 18.9. The minimum Gasteiger partial charge on any atom is -0.489 e. The summed E-state index contributed by atoms with van der Waals surface area (Å²) < 4.78 is 11.4. The predicted octanol–water partition coefficient (Wildman–Crippen LogP) is 6.70. The smallest absolute Gasteiger partial charge is 0.291 e. The third kappa shape index (κ3) is 6.49. The maximum absolute atomic E-state index is 12.8. The molecule has 5 rings (SSSR count). The monoisotopic (exact) mass is 535 g/mol. The number of furan rings is 1. The van der Waals surface area contributed by atoms with Crippen molar-refractivity contribution in [1.29, 1.82) is 0 Å². The lowest BCUT2D eigenvalue weighted by Crippen LogP contribution is -2.34. The number of hydrogen-bond acceptors (Lipinski definition) is 5. The molecule has 0 radical (unpaired) electrons. The van der Waals surface area contributed by atoms with Crippen molar-refractivity contribution in [3.8, 4) is 5.75 Å². The van der Waals surface area contributed by atoms with E-state index in [9.17, 15) is 9.59 Å². The van der Waals surface area contributed by atoms with Crippen molar-refractivity contribution in [2.45, 2.75) is 13.5 Å². The van der Waals surface area contributed by atoms with Crippen molar-refractivity contribution in [1.82, 2.24) is 5.32 Å². The van der Waals surface area contributed by atoms with E-state index in [-0.39, 0.29) is 22.7 Å². The van der Waals surface area contributed by atoms with Crippen molar-refractivity contribution in [3.05, 3.63) is 126 Å². The quantitative estimate of drug-likeness (QED) is 0.201.